The monoisotopic (exact) mass is 180 g/mol. The average Bonchev–Trinajstić information content (AvgIpc) is 2.01. The van der Waals surface area contributed by atoms with Gasteiger partial charge in [0.05, 0.1) is 11.7 Å². The fourth-order valence-electron chi connectivity index (χ4n) is 1.48. The molecule has 13 heavy (non-hydrogen) atoms. The molecule has 3 heteroatoms. The van der Waals surface area contributed by atoms with Gasteiger partial charge in [0.25, 0.3) is 0 Å². The van der Waals surface area contributed by atoms with Crippen molar-refractivity contribution in [2.45, 2.75) is 6.04 Å². The molecule has 0 amide bonds. The second-order valence-electron chi connectivity index (χ2n) is 3.37. The maximum atomic E-state index is 13.3. The van der Waals surface area contributed by atoms with Gasteiger partial charge in [0.2, 0.25) is 0 Å². The van der Waals surface area contributed by atoms with Crippen LogP contribution in [0.15, 0.2) is 24.3 Å². The molecule has 0 unspecified atom stereocenters. The maximum absolute atomic E-state index is 13.3. The van der Waals surface area contributed by atoms with Crippen LogP contribution in [-0.2, 0) is 0 Å². The second kappa shape index (κ2) is 3.34. The molecule has 0 aromatic heterocycles. The van der Waals surface area contributed by atoms with Crippen molar-refractivity contribution in [1.82, 2.24) is 5.32 Å². The number of likely N-dealkylation sites (N-methyl/N-ethyl adjacent to an activating group) is 1. The summed E-state index contributed by atoms with van der Waals surface area (Å²) in [7, 11) is 1.93. The zero-order valence-corrected chi connectivity index (χ0v) is 7.63. The van der Waals surface area contributed by atoms with E-state index in [-0.39, 0.29) is 5.82 Å². The summed E-state index contributed by atoms with van der Waals surface area (Å²) >= 11 is 0. The molecule has 1 aromatic carbocycles. The molecule has 1 fully saturated rings. The van der Waals surface area contributed by atoms with Crippen LogP contribution in [0.25, 0.3) is 0 Å². The van der Waals surface area contributed by atoms with Gasteiger partial charge in [-0.2, -0.15) is 0 Å². The number of anilines is 1. The number of nitrogens with zero attached hydrogens (tertiary/aromatic N) is 1. The Balaban J connectivity index is 2.18. The van der Waals surface area contributed by atoms with E-state index in [9.17, 15) is 4.39 Å². The smallest absolute Gasteiger partial charge is 0.146 e. The van der Waals surface area contributed by atoms with Crippen molar-refractivity contribution in [1.29, 1.82) is 0 Å². The third-order valence-electron chi connectivity index (χ3n) is 2.54. The Morgan fingerprint density at radius 1 is 1.38 bits per heavy atom. The van der Waals surface area contributed by atoms with Gasteiger partial charge >= 0.3 is 0 Å². The van der Waals surface area contributed by atoms with Gasteiger partial charge in [-0.25, -0.2) is 4.39 Å². The summed E-state index contributed by atoms with van der Waals surface area (Å²) in [6, 6.07) is 7.33. The molecular formula is C10H13FN2. The van der Waals surface area contributed by atoms with E-state index < -0.39 is 0 Å². The summed E-state index contributed by atoms with van der Waals surface area (Å²) in [6.07, 6.45) is 0. The second-order valence-corrected chi connectivity index (χ2v) is 3.37. The van der Waals surface area contributed by atoms with Gasteiger partial charge in [0.1, 0.15) is 5.82 Å². The van der Waals surface area contributed by atoms with Gasteiger partial charge in [-0.15, -0.1) is 0 Å². The number of benzene rings is 1. The van der Waals surface area contributed by atoms with Crippen LogP contribution in [0.1, 0.15) is 0 Å². The van der Waals surface area contributed by atoms with Gasteiger partial charge in [-0.3, -0.25) is 0 Å². The Kier molecular flexibility index (Phi) is 2.19. The van der Waals surface area contributed by atoms with Crippen molar-refractivity contribution < 1.29 is 4.39 Å². The van der Waals surface area contributed by atoms with Gasteiger partial charge in [0, 0.05) is 20.1 Å². The Labute approximate surface area is 77.4 Å². The molecule has 1 aliphatic rings. The molecule has 0 saturated carbocycles. The predicted molar refractivity (Wildman–Crippen MR) is 51.5 cm³/mol. The minimum atomic E-state index is -0.142. The highest BCUT2D eigenvalue weighted by Crippen LogP contribution is 2.20. The molecule has 0 radical (unpaired) electrons. The number of rotatable bonds is 2. The molecule has 1 saturated heterocycles. The van der Waals surface area contributed by atoms with Crippen molar-refractivity contribution in [3.63, 3.8) is 0 Å². The Bertz CT molecular complexity index is 297. The first kappa shape index (κ1) is 8.51. The van der Waals surface area contributed by atoms with Crippen molar-refractivity contribution >= 4 is 5.69 Å². The van der Waals surface area contributed by atoms with Crippen molar-refractivity contribution in [3.05, 3.63) is 30.1 Å². The lowest BCUT2D eigenvalue weighted by Gasteiger charge is -2.37. The van der Waals surface area contributed by atoms with E-state index in [0.29, 0.717) is 11.7 Å². The lowest BCUT2D eigenvalue weighted by molar-refractivity contribution is 0.425. The van der Waals surface area contributed by atoms with E-state index in [1.54, 1.807) is 6.07 Å². The fraction of sp³-hybridized carbons (Fsp3) is 0.400. The molecule has 0 atom stereocenters. The predicted octanol–water partition coefficient (Wildman–Crippen LogP) is 1.23. The zero-order valence-electron chi connectivity index (χ0n) is 7.63. The number of hydrogen-bond donors (Lipinski definition) is 1. The molecule has 0 aliphatic carbocycles. The molecule has 2 nitrogen and oxygen atoms in total. The molecule has 1 aromatic rings. The first-order chi connectivity index (χ1) is 6.29. The van der Waals surface area contributed by atoms with E-state index in [0.717, 1.165) is 13.1 Å². The minimum absolute atomic E-state index is 0.142. The Hall–Kier alpha value is -1.09. The Morgan fingerprint density at radius 3 is 2.62 bits per heavy atom. The van der Waals surface area contributed by atoms with Crippen LogP contribution in [-0.4, -0.2) is 26.2 Å². The van der Waals surface area contributed by atoms with Crippen molar-refractivity contribution in [3.8, 4) is 0 Å². The zero-order chi connectivity index (χ0) is 9.26. The number of para-hydroxylation sites is 1. The lowest BCUT2D eigenvalue weighted by Crippen LogP contribution is -2.56. The van der Waals surface area contributed by atoms with Crippen LogP contribution < -0.4 is 10.2 Å². The van der Waals surface area contributed by atoms with Crippen molar-refractivity contribution in [2.24, 2.45) is 0 Å². The standard InChI is InChI=1S/C10H13FN2/c1-13(8-6-12-7-8)10-5-3-2-4-9(10)11/h2-5,8,12H,6-7H2,1H3. The lowest BCUT2D eigenvalue weighted by atomic mass is 10.1. The number of halogens is 1. The normalized spacial score (nSPS) is 16.8. The molecule has 2 rings (SSSR count). The minimum Gasteiger partial charge on any atom is -0.367 e. The first-order valence-corrected chi connectivity index (χ1v) is 4.47. The third kappa shape index (κ3) is 1.52. The van der Waals surface area contributed by atoms with Gasteiger partial charge < -0.3 is 10.2 Å². The number of hydrogen-bond acceptors (Lipinski definition) is 2. The summed E-state index contributed by atoms with van der Waals surface area (Å²) in [5.41, 5.74) is 0.689. The molecule has 1 aliphatic heterocycles. The van der Waals surface area contributed by atoms with E-state index in [1.807, 2.05) is 24.1 Å². The maximum Gasteiger partial charge on any atom is 0.146 e. The van der Waals surface area contributed by atoms with E-state index in [2.05, 4.69) is 5.32 Å². The highest BCUT2D eigenvalue weighted by Gasteiger charge is 2.22. The Morgan fingerprint density at radius 2 is 2.08 bits per heavy atom. The van der Waals surface area contributed by atoms with Gasteiger partial charge in [0.15, 0.2) is 0 Å². The van der Waals surface area contributed by atoms with Crippen LogP contribution in [0.2, 0.25) is 0 Å². The average molecular weight is 180 g/mol. The third-order valence-corrected chi connectivity index (χ3v) is 2.54. The summed E-state index contributed by atoms with van der Waals surface area (Å²) in [6.45, 7) is 1.90. The SMILES string of the molecule is CN(c1ccccc1F)C1CNC1. The number of nitrogens with one attached hydrogen (secondary N) is 1. The first-order valence-electron chi connectivity index (χ1n) is 4.47. The molecule has 70 valence electrons. The van der Waals surface area contributed by atoms with E-state index in [1.165, 1.54) is 6.07 Å². The molecule has 0 bridgehead atoms. The van der Waals surface area contributed by atoms with Gasteiger partial charge in [-0.1, -0.05) is 12.1 Å². The van der Waals surface area contributed by atoms with E-state index in [4.69, 9.17) is 0 Å². The van der Waals surface area contributed by atoms with Crippen molar-refractivity contribution in [2.75, 3.05) is 25.0 Å². The topological polar surface area (TPSA) is 15.3 Å². The largest absolute Gasteiger partial charge is 0.367 e. The van der Waals surface area contributed by atoms with Crippen LogP contribution in [0.4, 0.5) is 10.1 Å². The van der Waals surface area contributed by atoms with Crippen LogP contribution in [0, 0.1) is 5.82 Å². The highest BCUT2D eigenvalue weighted by molar-refractivity contribution is 5.48. The summed E-state index contributed by atoms with van der Waals surface area (Å²) in [5, 5.41) is 3.17. The van der Waals surface area contributed by atoms with Crippen LogP contribution in [0.3, 0.4) is 0 Å². The summed E-state index contributed by atoms with van der Waals surface area (Å²) in [4.78, 5) is 1.99. The van der Waals surface area contributed by atoms with Gasteiger partial charge in [-0.05, 0) is 12.1 Å². The van der Waals surface area contributed by atoms with Crippen LogP contribution >= 0.6 is 0 Å². The molecule has 1 heterocycles. The highest BCUT2D eigenvalue weighted by atomic mass is 19.1. The summed E-state index contributed by atoms with van der Waals surface area (Å²) < 4.78 is 13.3. The molecule has 1 N–H and O–H groups in total. The molecule has 0 spiro atoms. The summed E-state index contributed by atoms with van der Waals surface area (Å²) in [5.74, 6) is -0.142. The van der Waals surface area contributed by atoms with E-state index >= 15 is 0 Å². The quantitative estimate of drug-likeness (QED) is 0.736. The molecular weight excluding hydrogens is 167 g/mol. The van der Waals surface area contributed by atoms with Crippen LogP contribution in [0.5, 0.6) is 0 Å². The fourth-order valence-corrected chi connectivity index (χ4v) is 1.48.